The number of alkyl halides is 6. The van der Waals surface area contributed by atoms with Gasteiger partial charge in [0.25, 0.3) is 0 Å². The fourth-order valence-corrected chi connectivity index (χ4v) is 2.89. The maximum atomic E-state index is 10.6. The van der Waals surface area contributed by atoms with Crippen LogP contribution in [0.2, 0.25) is 0 Å². The van der Waals surface area contributed by atoms with Crippen LogP contribution in [0.1, 0.15) is 23.5 Å². The number of carboxylic acids is 2. The second kappa shape index (κ2) is 12.4. The van der Waals surface area contributed by atoms with Gasteiger partial charge in [0.15, 0.2) is 0 Å². The van der Waals surface area contributed by atoms with Crippen molar-refractivity contribution in [1.82, 2.24) is 9.88 Å². The molecule has 14 heteroatoms. The van der Waals surface area contributed by atoms with Gasteiger partial charge in [0, 0.05) is 25.0 Å². The summed E-state index contributed by atoms with van der Waals surface area (Å²) in [5, 5.41) is 24.5. The van der Waals surface area contributed by atoms with Crippen molar-refractivity contribution in [2.24, 2.45) is 0 Å². The third kappa shape index (κ3) is 10.2. The zero-order chi connectivity index (χ0) is 26.1. The molecular weight excluding hydrogens is 478 g/mol. The number of hydrogen-bond donors (Lipinski definition) is 3. The molecule has 2 aromatic rings. The minimum absolute atomic E-state index is 0.143. The Morgan fingerprint density at radius 2 is 1.65 bits per heavy atom. The number of aliphatic hydroxyl groups is 1. The maximum Gasteiger partial charge on any atom is 0.490 e. The number of rotatable bonds is 4. The van der Waals surface area contributed by atoms with Crippen molar-refractivity contribution < 1.29 is 55.7 Å². The molecule has 1 saturated heterocycles. The van der Waals surface area contributed by atoms with Gasteiger partial charge in [-0.1, -0.05) is 6.07 Å². The summed E-state index contributed by atoms with van der Waals surface area (Å²) >= 11 is 0. The van der Waals surface area contributed by atoms with Crippen LogP contribution in [-0.4, -0.2) is 68.2 Å². The molecule has 3 rings (SSSR count). The zero-order valence-corrected chi connectivity index (χ0v) is 17.7. The number of aliphatic hydroxyl groups excluding tert-OH is 1. The summed E-state index contributed by atoms with van der Waals surface area (Å²) in [5.41, 5.74) is 1.17. The van der Waals surface area contributed by atoms with Crippen LogP contribution in [-0.2, 0) is 22.6 Å². The van der Waals surface area contributed by atoms with Crippen molar-refractivity contribution in [3.63, 3.8) is 0 Å². The Bertz CT molecular complexity index is 892. The summed E-state index contributed by atoms with van der Waals surface area (Å²) in [5.74, 6) is -3.61. The highest BCUT2D eigenvalue weighted by molar-refractivity contribution is 5.73. The predicted molar refractivity (Wildman–Crippen MR) is 104 cm³/mol. The van der Waals surface area contributed by atoms with Crippen LogP contribution in [0, 0.1) is 6.92 Å². The number of nitrogens with zero attached hydrogens (tertiary/aromatic N) is 2. The highest BCUT2D eigenvalue weighted by atomic mass is 19.4. The van der Waals surface area contributed by atoms with E-state index in [2.05, 4.69) is 16.0 Å². The first-order valence-electron chi connectivity index (χ1n) is 9.57. The van der Waals surface area contributed by atoms with E-state index in [-0.39, 0.29) is 12.1 Å². The molecule has 1 aliphatic heterocycles. The molecule has 0 unspecified atom stereocenters. The molecule has 3 N–H and O–H groups in total. The Hall–Kier alpha value is -3.13. The van der Waals surface area contributed by atoms with Crippen LogP contribution < -0.4 is 0 Å². The number of furan rings is 1. The van der Waals surface area contributed by atoms with E-state index in [9.17, 15) is 31.4 Å². The molecule has 8 nitrogen and oxygen atoms in total. The number of halogens is 6. The highest BCUT2D eigenvalue weighted by Gasteiger charge is 2.39. The molecule has 2 atom stereocenters. The molecule has 190 valence electrons. The van der Waals surface area contributed by atoms with E-state index in [1.54, 1.807) is 6.20 Å². The maximum absolute atomic E-state index is 10.6. The van der Waals surface area contributed by atoms with Crippen LogP contribution in [0.4, 0.5) is 26.3 Å². The molecule has 34 heavy (non-hydrogen) atoms. The number of carbonyl (C=O) groups is 2. The monoisotopic (exact) mass is 500 g/mol. The molecule has 3 heterocycles. The number of pyridine rings is 1. The fraction of sp³-hybridized carbons (Fsp3) is 0.450. The second-order valence-electron chi connectivity index (χ2n) is 7.08. The Morgan fingerprint density at radius 3 is 2.06 bits per heavy atom. The molecule has 1 aliphatic rings. The van der Waals surface area contributed by atoms with Gasteiger partial charge in [0.05, 0.1) is 12.6 Å². The number of aromatic nitrogens is 1. The van der Waals surface area contributed by atoms with Gasteiger partial charge < -0.3 is 19.7 Å². The lowest BCUT2D eigenvalue weighted by molar-refractivity contribution is -0.193. The molecular formula is C20H22F6N2O6. The quantitative estimate of drug-likeness (QED) is 0.546. The third-order valence-electron chi connectivity index (χ3n) is 4.43. The Labute approximate surface area is 189 Å². The molecule has 0 saturated carbocycles. The van der Waals surface area contributed by atoms with Crippen molar-refractivity contribution in [2.75, 3.05) is 6.54 Å². The van der Waals surface area contributed by atoms with Crippen LogP contribution in [0.15, 0.2) is 41.1 Å². The fourth-order valence-electron chi connectivity index (χ4n) is 2.89. The SMILES string of the molecule is Cc1ccc(CN2CC[C@@H](O)[C@@H]2Cc2cccnc2)o1.O=C(O)C(F)(F)F.O=C(O)C(F)(F)F. The van der Waals surface area contributed by atoms with E-state index < -0.39 is 24.3 Å². The Kier molecular flexibility index (Phi) is 10.5. The van der Waals surface area contributed by atoms with Crippen molar-refractivity contribution in [2.45, 2.75) is 50.8 Å². The minimum Gasteiger partial charge on any atom is -0.475 e. The van der Waals surface area contributed by atoms with Gasteiger partial charge in [-0.2, -0.15) is 26.3 Å². The first-order valence-corrected chi connectivity index (χ1v) is 9.57. The van der Waals surface area contributed by atoms with E-state index in [1.165, 1.54) is 5.56 Å². The van der Waals surface area contributed by atoms with Crippen molar-refractivity contribution in [3.05, 3.63) is 53.7 Å². The predicted octanol–water partition coefficient (Wildman–Crippen LogP) is 3.43. The molecule has 0 aromatic carbocycles. The Balaban J connectivity index is 0.000000343. The summed E-state index contributed by atoms with van der Waals surface area (Å²) < 4.78 is 69.1. The van der Waals surface area contributed by atoms with Gasteiger partial charge >= 0.3 is 24.3 Å². The third-order valence-corrected chi connectivity index (χ3v) is 4.43. The number of carboxylic acid groups (broad SMARTS) is 2. The van der Waals surface area contributed by atoms with Crippen molar-refractivity contribution in [1.29, 1.82) is 0 Å². The number of aryl methyl sites for hydroxylation is 1. The number of likely N-dealkylation sites (tertiary alicyclic amines) is 1. The van der Waals surface area contributed by atoms with E-state index in [0.29, 0.717) is 0 Å². The lowest BCUT2D eigenvalue weighted by Crippen LogP contribution is -2.36. The normalized spacial score (nSPS) is 18.4. The summed E-state index contributed by atoms with van der Waals surface area (Å²) in [6.07, 6.45) is -5.14. The zero-order valence-electron chi connectivity index (χ0n) is 17.7. The van der Waals surface area contributed by atoms with E-state index >= 15 is 0 Å². The van der Waals surface area contributed by atoms with Gasteiger partial charge in [0.1, 0.15) is 11.5 Å². The lowest BCUT2D eigenvalue weighted by Gasteiger charge is -2.25. The molecule has 2 aromatic heterocycles. The first kappa shape index (κ1) is 28.9. The topological polar surface area (TPSA) is 124 Å². The van der Waals surface area contributed by atoms with Crippen LogP contribution in [0.5, 0.6) is 0 Å². The molecule has 0 spiro atoms. The van der Waals surface area contributed by atoms with Gasteiger partial charge in [0.2, 0.25) is 0 Å². The Morgan fingerprint density at radius 1 is 1.09 bits per heavy atom. The summed E-state index contributed by atoms with van der Waals surface area (Å²) in [6.45, 7) is 3.62. The van der Waals surface area contributed by atoms with Gasteiger partial charge in [-0.15, -0.1) is 0 Å². The van der Waals surface area contributed by atoms with E-state index in [4.69, 9.17) is 24.2 Å². The smallest absolute Gasteiger partial charge is 0.475 e. The molecule has 1 fully saturated rings. The average Bonchev–Trinajstić information content (AvgIpc) is 3.28. The highest BCUT2D eigenvalue weighted by Crippen LogP contribution is 2.24. The van der Waals surface area contributed by atoms with E-state index in [1.807, 2.05) is 31.3 Å². The van der Waals surface area contributed by atoms with Crippen molar-refractivity contribution >= 4 is 11.9 Å². The average molecular weight is 500 g/mol. The largest absolute Gasteiger partial charge is 0.490 e. The van der Waals surface area contributed by atoms with Gasteiger partial charge in [-0.25, -0.2) is 9.59 Å². The number of aliphatic carboxylic acids is 2. The minimum atomic E-state index is -5.08. The molecule has 0 amide bonds. The number of hydrogen-bond acceptors (Lipinski definition) is 6. The second-order valence-corrected chi connectivity index (χ2v) is 7.08. The molecule has 0 radical (unpaired) electrons. The van der Waals surface area contributed by atoms with Gasteiger partial charge in [-0.05, 0) is 43.5 Å². The summed E-state index contributed by atoms with van der Waals surface area (Å²) in [7, 11) is 0. The standard InChI is InChI=1S/C16H20N2O2.2C2HF3O2/c1-12-4-5-14(20-12)11-18-8-6-16(19)15(18)9-13-3-2-7-17-10-13;2*3-2(4,5)1(6)7/h2-5,7,10,15-16,19H,6,8-9,11H2,1H3;2*(H,6,7)/t15-,16+;;/m0../s1. The summed E-state index contributed by atoms with van der Waals surface area (Å²) in [6, 6.07) is 8.15. The van der Waals surface area contributed by atoms with Crippen LogP contribution in [0.25, 0.3) is 0 Å². The first-order chi connectivity index (χ1) is 15.6. The lowest BCUT2D eigenvalue weighted by atomic mass is 10.0. The molecule has 0 aliphatic carbocycles. The van der Waals surface area contributed by atoms with Crippen LogP contribution in [0.3, 0.4) is 0 Å². The van der Waals surface area contributed by atoms with E-state index in [0.717, 1.165) is 37.5 Å². The van der Waals surface area contributed by atoms with Crippen molar-refractivity contribution in [3.8, 4) is 0 Å². The van der Waals surface area contributed by atoms with Crippen LogP contribution >= 0.6 is 0 Å². The van der Waals surface area contributed by atoms with Gasteiger partial charge in [-0.3, -0.25) is 9.88 Å². The summed E-state index contributed by atoms with van der Waals surface area (Å²) in [4.78, 5) is 24.2. The molecule has 0 bridgehead atoms.